The van der Waals surface area contributed by atoms with E-state index in [4.69, 9.17) is 10.8 Å². The van der Waals surface area contributed by atoms with Crippen molar-refractivity contribution in [3.05, 3.63) is 46.6 Å². The number of hydrogen-bond acceptors (Lipinski definition) is 6. The number of nitrogens with one attached hydrogen (secondary N) is 1. The van der Waals surface area contributed by atoms with Crippen LogP contribution < -0.4 is 5.73 Å². The van der Waals surface area contributed by atoms with Gasteiger partial charge in [-0.15, -0.1) is 11.3 Å². The van der Waals surface area contributed by atoms with E-state index in [9.17, 15) is 18.0 Å². The number of likely N-dealkylation sites (N-methyl/N-ethyl adjacent to an activating group) is 1. The first-order valence-corrected chi connectivity index (χ1v) is 10.0. The van der Waals surface area contributed by atoms with E-state index in [0.29, 0.717) is 17.6 Å². The summed E-state index contributed by atoms with van der Waals surface area (Å²) >= 11 is 1.40. The largest absolute Gasteiger partial charge is 0.477 e. The molecule has 3 heterocycles. The van der Waals surface area contributed by atoms with Crippen LogP contribution in [0, 0.1) is 0 Å². The van der Waals surface area contributed by atoms with Gasteiger partial charge in [0.15, 0.2) is 0 Å². The summed E-state index contributed by atoms with van der Waals surface area (Å²) in [5, 5.41) is 8.55. The van der Waals surface area contributed by atoms with Crippen molar-refractivity contribution in [1.82, 2.24) is 19.8 Å². The summed E-state index contributed by atoms with van der Waals surface area (Å²) in [6, 6.07) is 5.55. The molecule has 7 nitrogen and oxygen atoms in total. The Labute approximate surface area is 174 Å². The molecule has 30 heavy (non-hydrogen) atoms. The Kier molecular flexibility index (Phi) is 6.64. The minimum Gasteiger partial charge on any atom is -0.477 e. The van der Waals surface area contributed by atoms with E-state index in [-0.39, 0.29) is 11.4 Å². The Morgan fingerprint density at radius 2 is 1.97 bits per heavy atom. The van der Waals surface area contributed by atoms with Crippen molar-refractivity contribution in [1.29, 1.82) is 0 Å². The first-order chi connectivity index (χ1) is 14.1. The standard InChI is InChI=1S/C13H18F3N3.C6H4N2O2S/c1-18-4-6-19(7-5-18)9-10-2-3-11(17)8-12(10)13(14,15)16;9-6(10)4-1-3-5(8-4)11-2-7-3/h2-3,8H,4-7,9,17H2,1H3;1-2,8H,(H,9,10). The quantitative estimate of drug-likeness (QED) is 0.539. The lowest BCUT2D eigenvalue weighted by atomic mass is 10.1. The van der Waals surface area contributed by atoms with Gasteiger partial charge in [0.05, 0.1) is 11.1 Å². The van der Waals surface area contributed by atoms with Gasteiger partial charge in [0.1, 0.15) is 16.0 Å². The first kappa shape index (κ1) is 22.1. The number of halogens is 3. The Hall–Kier alpha value is -2.63. The van der Waals surface area contributed by atoms with E-state index in [0.717, 1.165) is 37.1 Å². The SMILES string of the molecule is CN1CCN(Cc2ccc(N)cc2C(F)(F)F)CC1.O=C(O)c1cc2ncsc2[nH]1. The summed E-state index contributed by atoms with van der Waals surface area (Å²) in [7, 11) is 2.02. The van der Waals surface area contributed by atoms with Crippen molar-refractivity contribution in [3.8, 4) is 0 Å². The number of anilines is 1. The molecule has 1 saturated heterocycles. The molecule has 4 N–H and O–H groups in total. The van der Waals surface area contributed by atoms with Crippen LogP contribution in [-0.2, 0) is 12.7 Å². The van der Waals surface area contributed by atoms with Gasteiger partial charge in [-0.25, -0.2) is 9.78 Å². The lowest BCUT2D eigenvalue weighted by Crippen LogP contribution is -2.44. The number of benzene rings is 1. The zero-order valence-electron chi connectivity index (χ0n) is 16.2. The van der Waals surface area contributed by atoms with E-state index in [1.165, 1.54) is 29.5 Å². The third-order valence-electron chi connectivity index (χ3n) is 4.78. The summed E-state index contributed by atoms with van der Waals surface area (Å²) in [5.74, 6) is -0.949. The maximum Gasteiger partial charge on any atom is 0.416 e. The molecule has 2 aromatic heterocycles. The van der Waals surface area contributed by atoms with Crippen LogP contribution in [0.3, 0.4) is 0 Å². The zero-order chi connectivity index (χ0) is 21.9. The van der Waals surface area contributed by atoms with Crippen LogP contribution in [0.15, 0.2) is 29.8 Å². The highest BCUT2D eigenvalue weighted by molar-refractivity contribution is 7.16. The van der Waals surface area contributed by atoms with Crippen LogP contribution in [0.2, 0.25) is 0 Å². The highest BCUT2D eigenvalue weighted by Crippen LogP contribution is 2.34. The molecular formula is C19H22F3N5O2S. The van der Waals surface area contributed by atoms with Crippen molar-refractivity contribution in [2.45, 2.75) is 12.7 Å². The molecule has 0 amide bonds. The van der Waals surface area contributed by atoms with Gasteiger partial charge >= 0.3 is 12.1 Å². The Morgan fingerprint density at radius 3 is 2.57 bits per heavy atom. The summed E-state index contributed by atoms with van der Waals surface area (Å²) < 4.78 is 38.9. The number of rotatable bonds is 3. The van der Waals surface area contributed by atoms with E-state index in [2.05, 4.69) is 14.9 Å². The minimum absolute atomic E-state index is 0.148. The summed E-state index contributed by atoms with van der Waals surface area (Å²) in [5.41, 5.74) is 7.86. The zero-order valence-corrected chi connectivity index (χ0v) is 17.1. The van der Waals surface area contributed by atoms with Crippen molar-refractivity contribution < 1.29 is 23.1 Å². The number of H-pyrrole nitrogens is 1. The van der Waals surface area contributed by atoms with Gasteiger partial charge in [0.25, 0.3) is 0 Å². The fraction of sp³-hybridized carbons (Fsp3) is 0.368. The van der Waals surface area contributed by atoms with Crippen LogP contribution >= 0.6 is 11.3 Å². The predicted molar refractivity (Wildman–Crippen MR) is 110 cm³/mol. The molecule has 3 aromatic rings. The van der Waals surface area contributed by atoms with Crippen LogP contribution in [0.5, 0.6) is 0 Å². The lowest BCUT2D eigenvalue weighted by Gasteiger charge is -2.32. The second-order valence-electron chi connectivity index (χ2n) is 7.05. The Balaban J connectivity index is 0.000000196. The average molecular weight is 441 g/mol. The fourth-order valence-corrected chi connectivity index (χ4v) is 3.78. The molecule has 0 bridgehead atoms. The molecule has 4 rings (SSSR count). The number of nitrogen functional groups attached to an aromatic ring is 1. The van der Waals surface area contributed by atoms with Gasteiger partial charge in [-0.3, -0.25) is 4.90 Å². The third kappa shape index (κ3) is 5.49. The molecule has 0 spiro atoms. The number of aromatic amines is 1. The molecule has 1 fully saturated rings. The predicted octanol–water partition coefficient (Wildman–Crippen LogP) is 3.36. The molecule has 11 heteroatoms. The van der Waals surface area contributed by atoms with Crippen LogP contribution in [0.4, 0.5) is 18.9 Å². The van der Waals surface area contributed by atoms with E-state index >= 15 is 0 Å². The smallest absolute Gasteiger partial charge is 0.416 e. The normalized spacial score (nSPS) is 15.7. The lowest BCUT2D eigenvalue weighted by molar-refractivity contribution is -0.138. The van der Waals surface area contributed by atoms with Gasteiger partial charge in [0, 0.05) is 38.4 Å². The molecule has 0 radical (unpaired) electrons. The number of nitrogens with two attached hydrogens (primary N) is 1. The van der Waals surface area contributed by atoms with Crippen molar-refractivity contribution in [2.24, 2.45) is 0 Å². The van der Waals surface area contributed by atoms with Crippen LogP contribution in [-0.4, -0.2) is 64.1 Å². The Morgan fingerprint density at radius 1 is 1.27 bits per heavy atom. The minimum atomic E-state index is -4.35. The molecule has 0 aliphatic carbocycles. The van der Waals surface area contributed by atoms with Gasteiger partial charge in [0.2, 0.25) is 0 Å². The maximum atomic E-state index is 13.0. The molecule has 0 unspecified atom stereocenters. The second kappa shape index (κ2) is 9.02. The van der Waals surface area contributed by atoms with Gasteiger partial charge in [-0.1, -0.05) is 6.07 Å². The van der Waals surface area contributed by atoms with Crippen molar-refractivity contribution >= 4 is 33.3 Å². The first-order valence-electron chi connectivity index (χ1n) is 9.15. The molecule has 1 aliphatic heterocycles. The monoisotopic (exact) mass is 441 g/mol. The fourth-order valence-electron chi connectivity index (χ4n) is 3.10. The molecule has 1 aromatic carbocycles. The van der Waals surface area contributed by atoms with Crippen molar-refractivity contribution in [2.75, 3.05) is 39.0 Å². The highest BCUT2D eigenvalue weighted by Gasteiger charge is 2.34. The number of aromatic nitrogens is 2. The number of carbonyl (C=O) groups is 1. The topological polar surface area (TPSA) is 98.5 Å². The second-order valence-corrected chi connectivity index (χ2v) is 7.90. The molecular weight excluding hydrogens is 419 g/mol. The van der Waals surface area contributed by atoms with E-state index < -0.39 is 17.7 Å². The molecule has 162 valence electrons. The van der Waals surface area contributed by atoms with Crippen LogP contribution in [0.25, 0.3) is 10.3 Å². The van der Waals surface area contributed by atoms with Crippen molar-refractivity contribution in [3.63, 3.8) is 0 Å². The van der Waals surface area contributed by atoms with Gasteiger partial charge in [-0.05, 0) is 30.8 Å². The number of aromatic carboxylic acids is 1. The summed E-state index contributed by atoms with van der Waals surface area (Å²) in [6.07, 6.45) is -4.35. The third-order valence-corrected chi connectivity index (χ3v) is 5.54. The number of fused-ring (bicyclic) bond motifs is 1. The van der Waals surface area contributed by atoms with E-state index in [1.807, 2.05) is 11.9 Å². The number of thiazole rings is 1. The number of carboxylic acids is 1. The molecule has 0 saturated carbocycles. The van der Waals surface area contributed by atoms with Gasteiger partial charge in [-0.2, -0.15) is 13.2 Å². The number of hydrogen-bond donors (Lipinski definition) is 3. The Bertz CT molecular complexity index is 981. The molecule has 1 aliphatic rings. The van der Waals surface area contributed by atoms with Gasteiger partial charge < -0.3 is 20.7 Å². The van der Waals surface area contributed by atoms with Crippen LogP contribution in [0.1, 0.15) is 21.6 Å². The average Bonchev–Trinajstić information content (AvgIpc) is 3.27. The maximum absolute atomic E-state index is 13.0. The molecule has 0 atom stereocenters. The number of alkyl halides is 3. The number of nitrogens with zero attached hydrogens (tertiary/aromatic N) is 3. The van der Waals surface area contributed by atoms with E-state index in [1.54, 1.807) is 5.51 Å². The number of carboxylic acid groups (broad SMARTS) is 1. The number of piperazine rings is 1. The summed E-state index contributed by atoms with van der Waals surface area (Å²) in [6.45, 7) is 3.67. The summed E-state index contributed by atoms with van der Waals surface area (Å²) in [4.78, 5) is 22.1. The highest BCUT2D eigenvalue weighted by atomic mass is 32.1.